The number of hydrogen-bond donors (Lipinski definition) is 0. The molecule has 0 aromatic heterocycles. The van der Waals surface area contributed by atoms with Crippen molar-refractivity contribution in [3.63, 3.8) is 0 Å². The van der Waals surface area contributed by atoms with E-state index in [2.05, 4.69) is 9.44 Å². The topological polar surface area (TPSA) is 99.1 Å². The van der Waals surface area contributed by atoms with Crippen LogP contribution in [0.3, 0.4) is 0 Å². The number of anilines is 1. The number of halogens is 1. The van der Waals surface area contributed by atoms with Crippen LogP contribution in [-0.4, -0.2) is 30.6 Å². The van der Waals surface area contributed by atoms with Crippen LogP contribution < -0.4 is 56.3 Å². The number of nitrogens with zero attached hydrogens (tertiary/aromatic N) is 2. The van der Waals surface area contributed by atoms with Gasteiger partial charge in [0.25, 0.3) is 16.3 Å². The van der Waals surface area contributed by atoms with Crippen LogP contribution in [0.15, 0.2) is 47.6 Å². The summed E-state index contributed by atoms with van der Waals surface area (Å²) in [7, 11) is -4.97. The maximum Gasteiger partial charge on any atom is 1.00 e. The Balaban J connectivity index is 0.00000210. The maximum absolute atomic E-state index is 13.0. The molecule has 2 aromatic carbocycles. The van der Waals surface area contributed by atoms with Gasteiger partial charge in [-0.1, -0.05) is 35.0 Å². The van der Waals surface area contributed by atoms with Gasteiger partial charge in [-0.2, -0.15) is 8.42 Å². The molecular formula is C17H12ClKN2O5S. The molecule has 10 heteroatoms. The largest absolute Gasteiger partial charge is 1.00 e. The number of rotatable bonds is 2. The Bertz CT molecular complexity index is 1060. The van der Waals surface area contributed by atoms with E-state index in [0.29, 0.717) is 28.3 Å². The minimum atomic E-state index is -4.97. The quantitative estimate of drug-likeness (QED) is 0.277. The zero-order valence-electron chi connectivity index (χ0n) is 14.3. The van der Waals surface area contributed by atoms with E-state index >= 15 is 0 Å². The number of carbonyl (C=O) groups excluding carboxylic acids is 1. The zero-order valence-corrected chi connectivity index (χ0v) is 19.0. The van der Waals surface area contributed by atoms with Gasteiger partial charge in [0.1, 0.15) is 0 Å². The molecule has 2 heterocycles. The number of benzene rings is 2. The molecule has 0 radical (unpaired) electrons. The first-order chi connectivity index (χ1) is 12.3. The molecule has 0 saturated heterocycles. The second-order valence-corrected chi connectivity index (χ2v) is 7.48. The molecule has 0 spiro atoms. The van der Waals surface area contributed by atoms with Crippen LogP contribution in [-0.2, 0) is 21.1 Å². The molecule has 4 rings (SSSR count). The first kappa shape index (κ1) is 20.9. The van der Waals surface area contributed by atoms with Gasteiger partial charge in [-0.15, -0.1) is 0 Å². The minimum absolute atomic E-state index is 0. The Morgan fingerprint density at radius 1 is 1.15 bits per heavy atom. The Labute approximate surface area is 203 Å². The third kappa shape index (κ3) is 4.15. The van der Waals surface area contributed by atoms with Gasteiger partial charge in [-0.05, 0) is 36.2 Å². The fourth-order valence-electron chi connectivity index (χ4n) is 3.48. The molecule has 7 nitrogen and oxygen atoms in total. The second kappa shape index (κ2) is 7.92. The molecule has 27 heavy (non-hydrogen) atoms. The number of amides is 1. The second-order valence-electron chi connectivity index (χ2n) is 6.08. The maximum atomic E-state index is 13.0. The predicted octanol–water partition coefficient (Wildman–Crippen LogP) is -0.500. The standard InChI is InChI=1S/C17H13ClN2O5S.K/c18-11-5-6-14-15(19-25-26(22,23)24)9-12-7-10-3-1-2-4-13(10)17(21)20(12)16(14)8-11;/h1-6,8,12H,7,9H2,(H,22,23,24);/q;+1/p-1/b19-15+;. The Morgan fingerprint density at radius 2 is 1.89 bits per heavy atom. The van der Waals surface area contributed by atoms with Gasteiger partial charge >= 0.3 is 51.4 Å². The summed E-state index contributed by atoms with van der Waals surface area (Å²) in [5, 5.41) is 3.96. The molecular weight excluding hydrogens is 419 g/mol. The van der Waals surface area contributed by atoms with Crippen molar-refractivity contribution in [1.82, 2.24) is 0 Å². The van der Waals surface area contributed by atoms with Crippen molar-refractivity contribution in [2.75, 3.05) is 4.90 Å². The summed E-state index contributed by atoms with van der Waals surface area (Å²) in [6, 6.07) is 11.9. The fourth-order valence-corrected chi connectivity index (χ4v) is 3.82. The van der Waals surface area contributed by atoms with Crippen LogP contribution in [0.5, 0.6) is 0 Å². The van der Waals surface area contributed by atoms with Crippen LogP contribution in [0, 0.1) is 0 Å². The molecule has 2 aliphatic rings. The summed E-state index contributed by atoms with van der Waals surface area (Å²) in [6.07, 6.45) is 0.821. The summed E-state index contributed by atoms with van der Waals surface area (Å²) >= 11 is 6.10. The first-order valence-electron chi connectivity index (χ1n) is 7.76. The third-order valence-electron chi connectivity index (χ3n) is 4.49. The van der Waals surface area contributed by atoms with Crippen LogP contribution in [0.4, 0.5) is 5.69 Å². The molecule has 0 saturated carbocycles. The molecule has 0 N–H and O–H groups in total. The smallest absolute Gasteiger partial charge is 0.714 e. The molecule has 2 aromatic rings. The van der Waals surface area contributed by atoms with Crippen molar-refractivity contribution < 1.29 is 73.4 Å². The van der Waals surface area contributed by atoms with E-state index < -0.39 is 10.4 Å². The van der Waals surface area contributed by atoms with E-state index in [1.165, 1.54) is 0 Å². The average molecular weight is 431 g/mol. The molecule has 134 valence electrons. The molecule has 2 aliphatic heterocycles. The monoisotopic (exact) mass is 430 g/mol. The van der Waals surface area contributed by atoms with Crippen LogP contribution in [0.25, 0.3) is 0 Å². The van der Waals surface area contributed by atoms with Crippen molar-refractivity contribution in [2.24, 2.45) is 5.16 Å². The number of carbonyl (C=O) groups is 1. The van der Waals surface area contributed by atoms with E-state index in [-0.39, 0.29) is 75.5 Å². The summed E-state index contributed by atoms with van der Waals surface area (Å²) in [4.78, 5) is 14.7. The number of fused-ring (bicyclic) bond motifs is 4. The normalized spacial score (nSPS) is 19.6. The van der Waals surface area contributed by atoms with Gasteiger partial charge < -0.3 is 9.45 Å². The average Bonchev–Trinajstić information content (AvgIpc) is 2.58. The molecule has 0 bridgehead atoms. The van der Waals surface area contributed by atoms with Crippen LogP contribution >= 0.6 is 11.6 Å². The van der Waals surface area contributed by atoms with Crippen molar-refractivity contribution in [2.45, 2.75) is 18.9 Å². The summed E-state index contributed by atoms with van der Waals surface area (Å²) in [5.41, 5.74) is 2.82. The fraction of sp³-hybridized carbons (Fsp3) is 0.176. The number of oxime groups is 1. The van der Waals surface area contributed by atoms with Crippen molar-refractivity contribution in [3.8, 4) is 0 Å². The van der Waals surface area contributed by atoms with E-state index in [0.717, 1.165) is 5.56 Å². The Morgan fingerprint density at radius 3 is 2.63 bits per heavy atom. The molecule has 1 unspecified atom stereocenters. The Hall–Kier alpha value is -0.784. The van der Waals surface area contributed by atoms with Crippen molar-refractivity contribution in [3.05, 3.63) is 64.2 Å². The van der Waals surface area contributed by atoms with Gasteiger partial charge in [-0.3, -0.25) is 9.08 Å². The Kier molecular flexibility index (Phi) is 6.14. The van der Waals surface area contributed by atoms with Crippen molar-refractivity contribution >= 4 is 39.3 Å². The minimum Gasteiger partial charge on any atom is -0.714 e. The van der Waals surface area contributed by atoms with E-state index in [1.807, 2.05) is 12.1 Å². The van der Waals surface area contributed by atoms with Gasteiger partial charge in [0.15, 0.2) is 0 Å². The third-order valence-corrected chi connectivity index (χ3v) is 4.98. The molecule has 0 fully saturated rings. The van der Waals surface area contributed by atoms with Crippen molar-refractivity contribution in [1.29, 1.82) is 0 Å². The van der Waals surface area contributed by atoms with Crippen LogP contribution in [0.2, 0.25) is 5.02 Å². The van der Waals surface area contributed by atoms with Gasteiger partial charge in [0.05, 0.1) is 11.4 Å². The van der Waals surface area contributed by atoms with Crippen LogP contribution in [0.1, 0.15) is 27.9 Å². The SMILES string of the molecule is O=C1c2ccccc2CC2C/C(=N\OS(=O)(=O)[O-])c3ccc(Cl)cc3N12.[K+]. The summed E-state index contributed by atoms with van der Waals surface area (Å²) in [6.45, 7) is 0. The van der Waals surface area contributed by atoms with E-state index in [4.69, 9.17) is 11.6 Å². The predicted molar refractivity (Wildman–Crippen MR) is 94.1 cm³/mol. The zero-order chi connectivity index (χ0) is 18.5. The van der Waals surface area contributed by atoms with Gasteiger partial charge in [0.2, 0.25) is 0 Å². The van der Waals surface area contributed by atoms with Gasteiger partial charge in [-0.25, -0.2) is 0 Å². The van der Waals surface area contributed by atoms with E-state index in [9.17, 15) is 17.8 Å². The first-order valence-corrected chi connectivity index (χ1v) is 9.47. The van der Waals surface area contributed by atoms with Gasteiger partial charge in [0, 0.05) is 28.6 Å². The summed E-state index contributed by atoms with van der Waals surface area (Å²) < 4.78 is 36.4. The molecule has 1 amide bonds. The molecule has 1 atom stereocenters. The number of hydrogen-bond acceptors (Lipinski definition) is 6. The molecule has 0 aliphatic carbocycles. The summed E-state index contributed by atoms with van der Waals surface area (Å²) in [5.74, 6) is -0.156. The van der Waals surface area contributed by atoms with E-state index in [1.54, 1.807) is 35.2 Å².